The van der Waals surface area contributed by atoms with E-state index in [2.05, 4.69) is 25.6 Å². The fraction of sp³-hybridized carbons (Fsp3) is 0.133. The van der Waals surface area contributed by atoms with Gasteiger partial charge in [-0.3, -0.25) is 4.79 Å². The molecule has 0 saturated heterocycles. The number of methoxy groups -OCH3 is 1. The maximum Gasteiger partial charge on any atom is 0.330 e. The van der Waals surface area contributed by atoms with Crippen molar-refractivity contribution in [1.82, 2.24) is 20.3 Å². The molecule has 5 aromatic rings. The van der Waals surface area contributed by atoms with E-state index in [1.807, 2.05) is 83.8 Å². The average molecular weight is 521 g/mol. The zero-order valence-corrected chi connectivity index (χ0v) is 21.6. The lowest BCUT2D eigenvalue weighted by Crippen LogP contribution is -2.48. The van der Waals surface area contributed by atoms with Crippen molar-refractivity contribution < 1.29 is 14.3 Å². The fourth-order valence-electron chi connectivity index (χ4n) is 4.36. The number of anilines is 3. The number of para-hydroxylation sites is 2. The predicted octanol–water partition coefficient (Wildman–Crippen LogP) is 4.78. The number of fused-ring (bicyclic) bond motifs is 1. The van der Waals surface area contributed by atoms with Gasteiger partial charge in [0, 0.05) is 41.1 Å². The standard InChI is InChI=1S/C30H28N6O3/c1-31-30-32-16-15-25(35-30)26-18-21-17-20(13-14-24(21)33-26)28(37)34-27(29(38)39-2)19-36(22-9-5-3-6-10-22)23-11-7-4-8-12-23/h3-18,27,33H,19H2,1-2H3,(H,34,37)(H,31,32,35)/t27-/m0/s1. The fourth-order valence-corrected chi connectivity index (χ4v) is 4.36. The summed E-state index contributed by atoms with van der Waals surface area (Å²) in [6.07, 6.45) is 1.68. The van der Waals surface area contributed by atoms with Crippen LogP contribution in [0.3, 0.4) is 0 Å². The van der Waals surface area contributed by atoms with Crippen LogP contribution in [-0.2, 0) is 9.53 Å². The topological polar surface area (TPSA) is 112 Å². The molecular weight excluding hydrogens is 492 g/mol. The molecule has 0 fully saturated rings. The second-order valence-corrected chi connectivity index (χ2v) is 8.83. The number of hydrogen-bond donors (Lipinski definition) is 3. The van der Waals surface area contributed by atoms with Gasteiger partial charge in [0.15, 0.2) is 0 Å². The second kappa shape index (κ2) is 11.5. The molecule has 0 radical (unpaired) electrons. The third-order valence-electron chi connectivity index (χ3n) is 6.33. The Labute approximate surface area is 225 Å². The van der Waals surface area contributed by atoms with Gasteiger partial charge in [0.2, 0.25) is 5.95 Å². The summed E-state index contributed by atoms with van der Waals surface area (Å²) in [6, 6.07) is 27.6. The number of nitrogens with zero attached hydrogens (tertiary/aromatic N) is 3. The van der Waals surface area contributed by atoms with Crippen molar-refractivity contribution in [2.75, 3.05) is 30.9 Å². The molecule has 3 N–H and O–H groups in total. The molecule has 0 aliphatic heterocycles. The molecule has 0 aliphatic rings. The van der Waals surface area contributed by atoms with E-state index in [-0.39, 0.29) is 12.5 Å². The Bertz CT molecular complexity index is 1550. The molecule has 39 heavy (non-hydrogen) atoms. The summed E-state index contributed by atoms with van der Waals surface area (Å²) in [6.45, 7) is 0.185. The highest BCUT2D eigenvalue weighted by atomic mass is 16.5. The first-order chi connectivity index (χ1) is 19.1. The van der Waals surface area contributed by atoms with Gasteiger partial charge in [-0.2, -0.15) is 0 Å². The third kappa shape index (κ3) is 5.72. The van der Waals surface area contributed by atoms with E-state index >= 15 is 0 Å². The van der Waals surface area contributed by atoms with E-state index in [0.29, 0.717) is 11.5 Å². The summed E-state index contributed by atoms with van der Waals surface area (Å²) < 4.78 is 5.06. The quantitative estimate of drug-likeness (QED) is 0.240. The minimum absolute atomic E-state index is 0.185. The monoisotopic (exact) mass is 520 g/mol. The first kappa shape index (κ1) is 25.5. The average Bonchev–Trinajstić information content (AvgIpc) is 3.43. The molecular formula is C30H28N6O3. The Kier molecular flexibility index (Phi) is 7.49. The molecule has 0 bridgehead atoms. The van der Waals surface area contributed by atoms with Crippen molar-refractivity contribution in [2.45, 2.75) is 6.04 Å². The van der Waals surface area contributed by atoms with Crippen LogP contribution in [0.4, 0.5) is 17.3 Å². The van der Waals surface area contributed by atoms with Gasteiger partial charge >= 0.3 is 5.97 Å². The number of carbonyl (C=O) groups excluding carboxylic acids is 2. The van der Waals surface area contributed by atoms with Gasteiger partial charge in [0.05, 0.1) is 25.0 Å². The van der Waals surface area contributed by atoms with E-state index in [1.54, 1.807) is 25.4 Å². The van der Waals surface area contributed by atoms with Gasteiger partial charge in [0.1, 0.15) is 6.04 Å². The highest BCUT2D eigenvalue weighted by Gasteiger charge is 2.26. The molecule has 5 rings (SSSR count). The van der Waals surface area contributed by atoms with Crippen LogP contribution < -0.4 is 15.5 Å². The number of carbonyl (C=O) groups is 2. The second-order valence-electron chi connectivity index (χ2n) is 8.83. The maximum atomic E-state index is 13.4. The molecule has 0 saturated carbocycles. The Balaban J connectivity index is 1.40. The SMILES string of the molecule is CNc1nccc(-c2cc3cc(C(=O)N[C@@H](CN(c4ccccc4)c4ccccc4)C(=O)OC)ccc3[nH]2)n1. The molecule has 0 spiro atoms. The first-order valence-corrected chi connectivity index (χ1v) is 12.5. The van der Waals surface area contributed by atoms with Gasteiger partial charge in [-0.1, -0.05) is 36.4 Å². The Morgan fingerprint density at radius 1 is 0.949 bits per heavy atom. The Hall–Kier alpha value is -5.18. The number of amides is 1. The number of esters is 1. The van der Waals surface area contributed by atoms with Gasteiger partial charge in [-0.05, 0) is 54.6 Å². The molecule has 2 heterocycles. The number of rotatable bonds is 9. The van der Waals surface area contributed by atoms with E-state index in [0.717, 1.165) is 33.7 Å². The zero-order chi connectivity index (χ0) is 27.2. The smallest absolute Gasteiger partial charge is 0.330 e. The molecule has 2 aromatic heterocycles. The van der Waals surface area contributed by atoms with Crippen molar-refractivity contribution in [2.24, 2.45) is 0 Å². The normalized spacial score (nSPS) is 11.5. The number of ether oxygens (including phenoxy) is 1. The molecule has 9 nitrogen and oxygen atoms in total. The van der Waals surface area contributed by atoms with Crippen LogP contribution in [0.15, 0.2) is 97.2 Å². The first-order valence-electron chi connectivity index (χ1n) is 12.5. The van der Waals surface area contributed by atoms with Crippen molar-refractivity contribution in [3.8, 4) is 11.4 Å². The van der Waals surface area contributed by atoms with E-state index in [9.17, 15) is 9.59 Å². The van der Waals surface area contributed by atoms with Gasteiger partial charge < -0.3 is 25.3 Å². The largest absolute Gasteiger partial charge is 0.467 e. The van der Waals surface area contributed by atoms with E-state index in [4.69, 9.17) is 4.74 Å². The third-order valence-corrected chi connectivity index (χ3v) is 6.33. The van der Waals surface area contributed by atoms with Crippen molar-refractivity contribution >= 4 is 40.1 Å². The molecule has 0 aliphatic carbocycles. The molecule has 0 unspecified atom stereocenters. The Morgan fingerprint density at radius 3 is 2.28 bits per heavy atom. The van der Waals surface area contributed by atoms with Crippen LogP contribution in [0.1, 0.15) is 10.4 Å². The van der Waals surface area contributed by atoms with Gasteiger partial charge in [-0.15, -0.1) is 0 Å². The summed E-state index contributed by atoms with van der Waals surface area (Å²) in [5, 5.41) is 6.65. The number of aromatic nitrogens is 3. The van der Waals surface area contributed by atoms with Crippen molar-refractivity contribution in [1.29, 1.82) is 0 Å². The number of benzene rings is 3. The predicted molar refractivity (Wildman–Crippen MR) is 152 cm³/mol. The van der Waals surface area contributed by atoms with Crippen LogP contribution in [-0.4, -0.2) is 53.6 Å². The lowest BCUT2D eigenvalue weighted by atomic mass is 10.1. The maximum absolute atomic E-state index is 13.4. The minimum Gasteiger partial charge on any atom is -0.467 e. The van der Waals surface area contributed by atoms with Crippen molar-refractivity contribution in [3.63, 3.8) is 0 Å². The summed E-state index contributed by atoms with van der Waals surface area (Å²) in [4.78, 5) is 40.1. The number of H-pyrrole nitrogens is 1. The molecule has 1 atom stereocenters. The number of nitrogens with one attached hydrogen (secondary N) is 3. The lowest BCUT2D eigenvalue weighted by Gasteiger charge is -2.29. The van der Waals surface area contributed by atoms with Crippen LogP contribution in [0.2, 0.25) is 0 Å². The summed E-state index contributed by atoms with van der Waals surface area (Å²) in [5.41, 5.74) is 4.58. The Morgan fingerprint density at radius 2 is 1.64 bits per heavy atom. The number of aromatic amines is 1. The highest BCUT2D eigenvalue weighted by molar-refractivity contribution is 6.00. The summed E-state index contributed by atoms with van der Waals surface area (Å²) >= 11 is 0. The molecule has 3 aromatic carbocycles. The van der Waals surface area contributed by atoms with Crippen molar-refractivity contribution in [3.05, 3.63) is 103 Å². The summed E-state index contributed by atoms with van der Waals surface area (Å²) in [5.74, 6) is -0.398. The van der Waals surface area contributed by atoms with Crippen LogP contribution in [0.5, 0.6) is 0 Å². The zero-order valence-electron chi connectivity index (χ0n) is 21.6. The van der Waals surface area contributed by atoms with E-state index < -0.39 is 12.0 Å². The van der Waals surface area contributed by atoms with Gasteiger partial charge in [0.25, 0.3) is 5.91 Å². The molecule has 1 amide bonds. The molecule has 9 heteroatoms. The van der Waals surface area contributed by atoms with Crippen LogP contribution in [0.25, 0.3) is 22.3 Å². The number of hydrogen-bond acceptors (Lipinski definition) is 7. The lowest BCUT2D eigenvalue weighted by molar-refractivity contribution is -0.142. The van der Waals surface area contributed by atoms with Crippen LogP contribution >= 0.6 is 0 Å². The van der Waals surface area contributed by atoms with Gasteiger partial charge in [-0.25, -0.2) is 14.8 Å². The van der Waals surface area contributed by atoms with Crippen LogP contribution in [0, 0.1) is 0 Å². The van der Waals surface area contributed by atoms with E-state index in [1.165, 1.54) is 7.11 Å². The highest BCUT2D eigenvalue weighted by Crippen LogP contribution is 2.26. The molecule has 196 valence electrons. The summed E-state index contributed by atoms with van der Waals surface area (Å²) in [7, 11) is 3.08. The minimum atomic E-state index is -0.915.